The van der Waals surface area contributed by atoms with Crippen molar-refractivity contribution in [2.45, 2.75) is 13.3 Å². The Labute approximate surface area is 126 Å². The number of amides is 2. The fraction of sp³-hybridized carbons (Fsp3) is 0.250. The Balaban J connectivity index is 0.00000200. The SMILES string of the molecule is CC(=O)Nc1ccc2nc(NC(=O)CCN)sc2c1.Cl. The number of nitrogens with two attached hydrogens (primary N) is 1. The summed E-state index contributed by atoms with van der Waals surface area (Å²) in [5, 5.41) is 5.93. The highest BCUT2D eigenvalue weighted by Gasteiger charge is 2.08. The summed E-state index contributed by atoms with van der Waals surface area (Å²) >= 11 is 1.36. The minimum atomic E-state index is -0.149. The number of carbonyl (C=O) groups is 2. The number of nitrogens with one attached hydrogen (secondary N) is 2. The van der Waals surface area contributed by atoms with E-state index in [1.54, 1.807) is 12.1 Å². The second-order valence-electron chi connectivity index (χ2n) is 3.97. The number of carbonyl (C=O) groups excluding carboxylic acids is 2. The molecule has 2 amide bonds. The fourth-order valence-electron chi connectivity index (χ4n) is 1.57. The average molecular weight is 315 g/mol. The van der Waals surface area contributed by atoms with Gasteiger partial charge in [0.2, 0.25) is 11.8 Å². The Bertz CT molecular complexity index is 629. The molecule has 0 radical (unpaired) electrons. The molecule has 0 aliphatic carbocycles. The van der Waals surface area contributed by atoms with Crippen LogP contribution in [0, 0.1) is 0 Å². The topological polar surface area (TPSA) is 97.1 Å². The van der Waals surface area contributed by atoms with Crippen molar-refractivity contribution in [3.63, 3.8) is 0 Å². The summed E-state index contributed by atoms with van der Waals surface area (Å²) in [5.41, 5.74) is 6.80. The van der Waals surface area contributed by atoms with Gasteiger partial charge in [-0.1, -0.05) is 11.3 Å². The molecule has 0 bridgehead atoms. The van der Waals surface area contributed by atoms with E-state index < -0.39 is 0 Å². The summed E-state index contributed by atoms with van der Waals surface area (Å²) in [5.74, 6) is -0.274. The van der Waals surface area contributed by atoms with Gasteiger partial charge in [-0.25, -0.2) is 4.98 Å². The summed E-state index contributed by atoms with van der Waals surface area (Å²) in [4.78, 5) is 26.7. The lowest BCUT2D eigenvalue weighted by atomic mass is 10.3. The van der Waals surface area contributed by atoms with Crippen molar-refractivity contribution in [2.75, 3.05) is 17.2 Å². The maximum atomic E-state index is 11.4. The highest BCUT2D eigenvalue weighted by Crippen LogP contribution is 2.28. The molecule has 2 rings (SSSR count). The number of nitrogens with zero attached hydrogens (tertiary/aromatic N) is 1. The van der Waals surface area contributed by atoms with Crippen LogP contribution in [-0.4, -0.2) is 23.3 Å². The van der Waals surface area contributed by atoms with Gasteiger partial charge in [-0.05, 0) is 18.2 Å². The van der Waals surface area contributed by atoms with Crippen molar-refractivity contribution in [3.05, 3.63) is 18.2 Å². The number of aromatic nitrogens is 1. The van der Waals surface area contributed by atoms with Crippen molar-refractivity contribution in [2.24, 2.45) is 5.73 Å². The van der Waals surface area contributed by atoms with Gasteiger partial charge >= 0.3 is 0 Å². The van der Waals surface area contributed by atoms with Gasteiger partial charge in [0, 0.05) is 25.6 Å². The monoisotopic (exact) mass is 314 g/mol. The maximum absolute atomic E-state index is 11.4. The number of hydrogen-bond acceptors (Lipinski definition) is 5. The average Bonchev–Trinajstić information content (AvgIpc) is 2.69. The van der Waals surface area contributed by atoms with Gasteiger partial charge in [0.25, 0.3) is 0 Å². The number of anilines is 2. The van der Waals surface area contributed by atoms with Crippen LogP contribution in [0.15, 0.2) is 18.2 Å². The lowest BCUT2D eigenvalue weighted by Gasteiger charge is -1.99. The molecule has 0 saturated heterocycles. The Hall–Kier alpha value is -1.70. The molecule has 108 valence electrons. The Morgan fingerprint density at radius 2 is 2.10 bits per heavy atom. The number of fused-ring (bicyclic) bond motifs is 1. The van der Waals surface area contributed by atoms with Crippen LogP contribution in [0.5, 0.6) is 0 Å². The van der Waals surface area contributed by atoms with Crippen LogP contribution in [0.25, 0.3) is 10.2 Å². The first-order valence-corrected chi connectivity index (χ1v) is 6.58. The second kappa shape index (κ2) is 7.18. The number of hydrogen-bond donors (Lipinski definition) is 3. The van der Waals surface area contributed by atoms with E-state index in [2.05, 4.69) is 15.6 Å². The van der Waals surface area contributed by atoms with Crippen LogP contribution in [0.4, 0.5) is 10.8 Å². The molecule has 2 aromatic rings. The smallest absolute Gasteiger partial charge is 0.227 e. The van der Waals surface area contributed by atoms with Crippen LogP contribution < -0.4 is 16.4 Å². The predicted molar refractivity (Wildman–Crippen MR) is 83.5 cm³/mol. The molecule has 1 aromatic heterocycles. The second-order valence-corrected chi connectivity index (χ2v) is 5.00. The lowest BCUT2D eigenvalue weighted by molar-refractivity contribution is -0.116. The summed E-state index contributed by atoms with van der Waals surface area (Å²) in [6.07, 6.45) is 0.271. The van der Waals surface area contributed by atoms with E-state index in [-0.39, 0.29) is 30.6 Å². The van der Waals surface area contributed by atoms with Crippen molar-refractivity contribution < 1.29 is 9.59 Å². The van der Waals surface area contributed by atoms with Gasteiger partial charge in [-0.15, -0.1) is 12.4 Å². The molecule has 4 N–H and O–H groups in total. The zero-order valence-corrected chi connectivity index (χ0v) is 12.4. The molecular formula is C12H15ClN4O2S. The molecule has 0 spiro atoms. The molecule has 1 aromatic carbocycles. The summed E-state index contributed by atoms with van der Waals surface area (Å²) in [6, 6.07) is 5.40. The highest BCUT2D eigenvalue weighted by molar-refractivity contribution is 7.22. The third-order valence-electron chi connectivity index (χ3n) is 2.33. The zero-order valence-electron chi connectivity index (χ0n) is 10.8. The summed E-state index contributed by atoms with van der Waals surface area (Å²) in [6.45, 7) is 1.76. The van der Waals surface area contributed by atoms with Crippen LogP contribution in [-0.2, 0) is 9.59 Å². The number of thiazole rings is 1. The lowest BCUT2D eigenvalue weighted by Crippen LogP contribution is -2.15. The maximum Gasteiger partial charge on any atom is 0.227 e. The normalized spacial score (nSPS) is 9.90. The first-order valence-electron chi connectivity index (χ1n) is 5.76. The van der Waals surface area contributed by atoms with E-state index >= 15 is 0 Å². The predicted octanol–water partition coefficient (Wildman–Crippen LogP) is 1.96. The van der Waals surface area contributed by atoms with E-state index in [0.717, 1.165) is 10.2 Å². The minimum Gasteiger partial charge on any atom is -0.330 e. The molecule has 6 nitrogen and oxygen atoms in total. The van der Waals surface area contributed by atoms with E-state index in [9.17, 15) is 9.59 Å². The molecule has 20 heavy (non-hydrogen) atoms. The Morgan fingerprint density at radius 1 is 1.35 bits per heavy atom. The van der Waals surface area contributed by atoms with Crippen LogP contribution in [0.1, 0.15) is 13.3 Å². The summed E-state index contributed by atoms with van der Waals surface area (Å²) in [7, 11) is 0. The summed E-state index contributed by atoms with van der Waals surface area (Å²) < 4.78 is 0.897. The Kier molecular flexibility index (Phi) is 5.87. The van der Waals surface area contributed by atoms with Crippen molar-refractivity contribution in [1.82, 2.24) is 4.98 Å². The van der Waals surface area contributed by atoms with Gasteiger partial charge in [-0.2, -0.15) is 0 Å². The van der Waals surface area contributed by atoms with Crippen LogP contribution in [0.2, 0.25) is 0 Å². The zero-order chi connectivity index (χ0) is 13.8. The van der Waals surface area contributed by atoms with Crippen LogP contribution >= 0.6 is 23.7 Å². The van der Waals surface area contributed by atoms with E-state index in [1.165, 1.54) is 18.3 Å². The molecular weight excluding hydrogens is 300 g/mol. The van der Waals surface area contributed by atoms with Gasteiger partial charge in [0.05, 0.1) is 10.2 Å². The third kappa shape index (κ3) is 4.16. The third-order valence-corrected chi connectivity index (χ3v) is 3.26. The standard InChI is InChI=1S/C12H14N4O2S.ClH/c1-7(17)14-8-2-3-9-10(6-8)19-12(15-9)16-11(18)4-5-13;/h2-3,6H,4-5,13H2,1H3,(H,14,17)(H,15,16,18);1H. The molecule has 0 fully saturated rings. The minimum absolute atomic E-state index is 0. The van der Waals surface area contributed by atoms with E-state index in [4.69, 9.17) is 5.73 Å². The Morgan fingerprint density at radius 3 is 2.75 bits per heavy atom. The first-order chi connectivity index (χ1) is 9.08. The largest absolute Gasteiger partial charge is 0.330 e. The highest BCUT2D eigenvalue weighted by atomic mass is 35.5. The van der Waals surface area contributed by atoms with Gasteiger partial charge in [0.1, 0.15) is 0 Å². The molecule has 1 heterocycles. The van der Waals surface area contributed by atoms with Gasteiger partial charge in [0.15, 0.2) is 5.13 Å². The van der Waals surface area contributed by atoms with Crippen LogP contribution in [0.3, 0.4) is 0 Å². The van der Waals surface area contributed by atoms with Crippen molar-refractivity contribution in [1.29, 1.82) is 0 Å². The molecule has 0 atom stereocenters. The quantitative estimate of drug-likeness (QED) is 0.803. The number of rotatable bonds is 4. The van der Waals surface area contributed by atoms with Gasteiger partial charge < -0.3 is 16.4 Å². The molecule has 0 aliphatic heterocycles. The molecule has 8 heteroatoms. The van der Waals surface area contributed by atoms with E-state index in [1.807, 2.05) is 6.07 Å². The van der Waals surface area contributed by atoms with Gasteiger partial charge in [-0.3, -0.25) is 9.59 Å². The van der Waals surface area contributed by atoms with Crippen molar-refractivity contribution >= 4 is 56.6 Å². The molecule has 0 saturated carbocycles. The number of benzene rings is 1. The number of halogens is 1. The molecule has 0 unspecified atom stereocenters. The fourth-order valence-corrected chi connectivity index (χ4v) is 2.49. The van der Waals surface area contributed by atoms with Crippen molar-refractivity contribution in [3.8, 4) is 0 Å². The van der Waals surface area contributed by atoms with E-state index in [0.29, 0.717) is 17.4 Å². The first kappa shape index (κ1) is 16.4. The molecule has 0 aliphatic rings.